The first-order chi connectivity index (χ1) is 65.6. The first kappa shape index (κ1) is 94.7. The molecule has 12 aromatic rings. The van der Waals surface area contributed by atoms with Crippen LogP contribution in [0.4, 0.5) is 40.8 Å². The summed E-state index contributed by atoms with van der Waals surface area (Å²) in [5, 5.41) is 29.7. The van der Waals surface area contributed by atoms with Gasteiger partial charge < -0.3 is 63.5 Å². The molecule has 6 aliphatic heterocycles. The molecule has 6 aliphatic rings. The van der Waals surface area contributed by atoms with E-state index in [1.54, 1.807) is 121 Å². The van der Waals surface area contributed by atoms with Gasteiger partial charge in [-0.1, -0.05) is 72.8 Å². The topological polar surface area (TPSA) is 495 Å². The zero-order valence-electron chi connectivity index (χ0n) is 68.3. The summed E-state index contributed by atoms with van der Waals surface area (Å²) in [4.78, 5) is 111. The number of imidazole rings is 4. The van der Waals surface area contributed by atoms with Gasteiger partial charge in [0.25, 0.3) is 23.6 Å². The minimum Gasteiger partial charge on any atom is -0.346 e. The molecular weight excluding hydrogens is 1850 g/mol. The van der Waals surface area contributed by atoms with Crippen molar-refractivity contribution in [3.8, 4) is 12.1 Å². The monoisotopic (exact) mass is 1930 g/mol. The van der Waals surface area contributed by atoms with E-state index in [0.717, 1.165) is 0 Å². The van der Waals surface area contributed by atoms with E-state index in [1.165, 1.54) is 68.9 Å². The van der Waals surface area contributed by atoms with Crippen molar-refractivity contribution in [2.75, 3.05) is 87.2 Å². The normalized spacial score (nSPS) is 27.9. The largest absolute Gasteiger partial charge is 0.346 e. The predicted octanol–water partition coefficient (Wildman–Crippen LogP) is 8.01. The molecule has 8 unspecified atom stereocenters. The zero-order valence-corrected chi connectivity index (χ0v) is 71.9. The number of anilines is 4. The third-order valence-electron chi connectivity index (χ3n) is 20.5. The van der Waals surface area contributed by atoms with E-state index >= 15 is 17.6 Å². The summed E-state index contributed by atoms with van der Waals surface area (Å²) in [7, 11) is -16.1. The van der Waals surface area contributed by atoms with Gasteiger partial charge in [0.15, 0.2) is 142 Å². The molecule has 0 radical (unpaired) electrons. The number of benzene rings is 4. The molecule has 4 N–H and O–H groups in total. The maximum absolute atomic E-state index is 17.3. The Morgan fingerprint density at radius 3 is 1.00 bits per heavy atom. The molecule has 0 bridgehead atoms. The Hall–Kier alpha value is -12.1. The lowest BCUT2D eigenvalue weighted by Crippen LogP contribution is -2.39. The van der Waals surface area contributed by atoms with E-state index in [9.17, 15) is 29.7 Å². The molecule has 4 amide bonds. The lowest BCUT2D eigenvalue weighted by atomic mass is 10.1. The van der Waals surface area contributed by atoms with Crippen LogP contribution in [0, 0.1) is 35.8 Å². The number of rotatable bonds is 24. The molecule has 4 aromatic carbocycles. The number of halogens is 4. The molecule has 0 aliphatic carbocycles. The van der Waals surface area contributed by atoms with Crippen molar-refractivity contribution in [1.82, 2.24) is 78.1 Å². The van der Waals surface area contributed by atoms with Gasteiger partial charge in [0.05, 0.1) is 56.9 Å². The first-order valence-corrected chi connectivity index (χ1v) is 44.7. The molecule has 6 saturated heterocycles. The third kappa shape index (κ3) is 21.0. The number of hydrogen-bond donors (Lipinski definition) is 4. The van der Waals surface area contributed by atoms with E-state index in [0.29, 0.717) is 22.3 Å². The summed E-state index contributed by atoms with van der Waals surface area (Å²) in [6.07, 6.45) is -13.6. The van der Waals surface area contributed by atoms with E-state index in [1.807, 2.05) is 12.1 Å². The number of aromatic nitrogens is 16. The number of nitrogens with zero attached hydrogens (tertiary/aromatic N) is 20. The Bertz CT molecular complexity index is 6260. The second kappa shape index (κ2) is 42.4. The highest BCUT2D eigenvalue weighted by Gasteiger charge is 2.60. The second-order valence-electron chi connectivity index (χ2n) is 28.8. The SMILES string of the molecule is [BH3-][P+]1(OCCC#N)OC[C@H]2O[C@@H](n3cnc4c(NC(=O)c5ccccc5)ncnc43)C(F)[C@H]2OP(OCC[N+]#[C-])OC[C@H]2O[C@@H](n3cnc4c(NC(=O)c5ccccc5)ncnc43)[C@@H](F)C2O1.[BH3-][P+]1(OCCC#N)OC[C@H]2O[C@@H](n3cnc4c(NC(=O)c5ccccc5)ncnc43)C(F)[C@H]2O[P+]([BH3-])(OCC[N+]#[C-])OC[C@H]2O[C@@H](n3cnc4c(NC(=O)c5ccccc5)ncnc43)[C@@H](F)C2O1. The Balaban J connectivity index is 0.000000188. The number of nitrogens with one attached hydrogen (secondary N) is 4. The average Bonchev–Trinajstić information content (AvgIpc) is 1.62. The first-order valence-electron chi connectivity index (χ1n) is 40.3. The zero-order chi connectivity index (χ0) is 93.9. The molecular formula is C80H81B3F4N24O20P4. The molecule has 44 nitrogen and oxygen atoms in total. The average molecular weight is 1930 g/mol. The summed E-state index contributed by atoms with van der Waals surface area (Å²) in [6.45, 7) is 12.6. The van der Waals surface area contributed by atoms with Crippen LogP contribution in [-0.4, -0.2) is 264 Å². The van der Waals surface area contributed by atoms with E-state index < -0.39 is 183 Å². The number of carbonyl (C=O) groups excluding carboxylic acids is 4. The van der Waals surface area contributed by atoms with Crippen molar-refractivity contribution in [1.29, 1.82) is 10.5 Å². The van der Waals surface area contributed by atoms with Crippen molar-refractivity contribution in [3.05, 3.63) is 217 Å². The summed E-state index contributed by atoms with van der Waals surface area (Å²) in [6, 6.07) is 38.0. The lowest BCUT2D eigenvalue weighted by Gasteiger charge is -2.34. The summed E-state index contributed by atoms with van der Waals surface area (Å²) < 4.78 is 176. The fraction of sp³-hybridized carbons (Fsp3) is 0.350. The van der Waals surface area contributed by atoms with Crippen LogP contribution in [0.2, 0.25) is 0 Å². The van der Waals surface area contributed by atoms with Crippen LogP contribution in [0.5, 0.6) is 0 Å². The maximum Gasteiger partial charge on any atom is 0.333 e. The highest BCUT2D eigenvalue weighted by Crippen LogP contribution is 2.66. The van der Waals surface area contributed by atoms with Crippen molar-refractivity contribution in [2.24, 2.45) is 0 Å². The Morgan fingerprint density at radius 2 is 0.696 bits per heavy atom. The lowest BCUT2D eigenvalue weighted by molar-refractivity contribution is -0.0625. The maximum atomic E-state index is 17.3. The number of carbonyl (C=O) groups is 4. The van der Waals surface area contributed by atoms with Crippen molar-refractivity contribution < 1.29 is 110 Å². The number of alkyl halides is 4. The minimum absolute atomic E-state index is 0.0252. The van der Waals surface area contributed by atoms with Crippen LogP contribution in [0.15, 0.2) is 172 Å². The van der Waals surface area contributed by atoms with E-state index in [4.69, 9.17) is 86.4 Å². The smallest absolute Gasteiger partial charge is 0.333 e. The molecule has 0 spiro atoms. The van der Waals surface area contributed by atoms with E-state index in [-0.39, 0.29) is 140 Å². The molecule has 6 fully saturated rings. The highest BCUT2D eigenvalue weighted by molar-refractivity contribution is 7.86. The van der Waals surface area contributed by atoms with Gasteiger partial charge in [-0.2, -0.15) is 10.5 Å². The predicted molar refractivity (Wildman–Crippen MR) is 482 cm³/mol. The summed E-state index contributed by atoms with van der Waals surface area (Å²) in [5.41, 5.74) is 2.74. The van der Waals surface area contributed by atoms with Crippen LogP contribution < -0.4 is 21.3 Å². The van der Waals surface area contributed by atoms with Gasteiger partial charge in [-0.05, 0) is 48.5 Å². The van der Waals surface area contributed by atoms with Gasteiger partial charge in [0.2, 0.25) is 59.3 Å². The standard InChI is InChI=1S/C40H42B2F2N12O10P2.C40H39BF2N12O10P2/c1-46-14-16-60-68(42)62-18-26-31(27(43)39(64-26)55-21-51-29-33(47-19-49-35(29)55)53-37(57)23-9-4-2-5-10-23)65-67(41,59-15-8-13-45)61-17-25-32(66-68)28(44)40(63-25)56-22-52-30-34(48-20-50-36(30)56)54-38(58)24-11-6-3-7-12-24;1-45-14-16-58-66-59-17-25-32(28(43)40(62-25)55-22-51-30-34(47-20-49-36(30)55)53-38(57)24-11-6-3-7-12-24)65-67(41,60-15-8-13-44)61-18-26-31(64-66)27(42)39(63-26)54-21-50-29-33(46-19-48-35(29)54)52-37(56)23-9-4-2-5-10-23/h2-7,9-12,19-22,25-28,31-32,39-40H,8,14-18H2,41-42H3,(H,47,49,53,57)(H,48,50,54,58);2-7,9-12,19-22,25-28,31-32,39-40H,8,14-18H2,41H3,(H,46,48,52,56)(H,47,49,53,57)/t25-,26-,27+,28?,31?,32+,39-,40-,67?,68?;25-,26-,27?,28+,31+,32?,39-,40-,66?,67?/m11/s1. The fourth-order valence-electron chi connectivity index (χ4n) is 14.3. The third-order valence-corrected chi connectivity index (χ3v) is 25.2. The molecule has 698 valence electrons. The van der Waals surface area contributed by atoms with Crippen LogP contribution in [-0.2, 0) is 73.2 Å². The minimum atomic E-state index is -3.40. The molecule has 0 saturated carbocycles. The Labute approximate surface area is 768 Å². The number of hydrogen-bond acceptors (Lipinski definition) is 34. The van der Waals surface area contributed by atoms with Crippen molar-refractivity contribution >= 4 is 146 Å². The molecule has 55 heteroatoms. The molecule has 14 heterocycles. The molecule has 20 atom stereocenters. The van der Waals surface area contributed by atoms with Gasteiger partial charge in [-0.15, -0.1) is 0 Å². The molecule has 18 rings (SSSR count). The van der Waals surface area contributed by atoms with Gasteiger partial charge >= 0.3 is 8.60 Å². The number of ether oxygens (including phenoxy) is 4. The molecule has 8 aromatic heterocycles. The second-order valence-corrected chi connectivity index (χ2v) is 33.5. The summed E-state index contributed by atoms with van der Waals surface area (Å²) in [5.74, 6) is -1.44. The number of amides is 4. The Morgan fingerprint density at radius 1 is 0.415 bits per heavy atom. The van der Waals surface area contributed by atoms with Crippen molar-refractivity contribution in [3.63, 3.8) is 0 Å². The fourth-order valence-corrected chi connectivity index (χ4v) is 18.9. The number of fused-ring (bicyclic) bond motifs is 8. The van der Waals surface area contributed by atoms with Crippen LogP contribution in [0.1, 0.15) is 79.2 Å². The van der Waals surface area contributed by atoms with Crippen LogP contribution in [0.3, 0.4) is 0 Å². The number of nitriles is 2. The highest BCUT2D eigenvalue weighted by atomic mass is 31.2. The van der Waals surface area contributed by atoms with E-state index in [2.05, 4.69) is 90.8 Å². The quantitative estimate of drug-likeness (QED) is 0.0146. The van der Waals surface area contributed by atoms with Crippen LogP contribution in [0.25, 0.3) is 54.3 Å². The Kier molecular flexibility index (Phi) is 29.8. The van der Waals surface area contributed by atoms with Crippen molar-refractivity contribution in [2.45, 2.75) is 111 Å². The molecule has 135 heavy (non-hydrogen) atoms. The summed E-state index contributed by atoms with van der Waals surface area (Å²) >= 11 is 0. The van der Waals surface area contributed by atoms with Gasteiger partial charge in [0, 0.05) is 22.3 Å². The van der Waals surface area contributed by atoms with Gasteiger partial charge in [0.1, 0.15) is 95.5 Å². The van der Waals surface area contributed by atoms with Crippen LogP contribution >= 0.6 is 32.1 Å². The van der Waals surface area contributed by atoms with Gasteiger partial charge in [-0.3, -0.25) is 37.4 Å². The van der Waals surface area contributed by atoms with Gasteiger partial charge in [-0.25, -0.2) is 131 Å².